The van der Waals surface area contributed by atoms with E-state index in [1.54, 1.807) is 12.1 Å². The van der Waals surface area contributed by atoms with Crippen molar-refractivity contribution in [1.82, 2.24) is 4.90 Å². The standard InChI is InChI=1S/C15H12BrNO6S2/c16-8-5-7(1-3-10(8)18)6-11-13(21)17(15(24)25-11)9(14(22)23)2-4-12(19)20/h1,3,5-6,9,18H,2,4H2,(H,19,20)(H,22,23)/b11-6-. The zero-order valence-corrected chi connectivity index (χ0v) is 15.7. The monoisotopic (exact) mass is 445 g/mol. The quantitative estimate of drug-likeness (QED) is 0.452. The highest BCUT2D eigenvalue weighted by Gasteiger charge is 2.40. The first kappa shape index (κ1) is 19.4. The van der Waals surface area contributed by atoms with E-state index in [9.17, 15) is 24.6 Å². The molecule has 1 atom stereocenters. The molecule has 0 bridgehead atoms. The number of phenolic OH excluding ortho intramolecular Hbond substituents is 1. The van der Waals surface area contributed by atoms with Crippen LogP contribution < -0.4 is 0 Å². The third-order valence-electron chi connectivity index (χ3n) is 3.32. The first-order valence-electron chi connectivity index (χ1n) is 6.91. The van der Waals surface area contributed by atoms with Gasteiger partial charge < -0.3 is 15.3 Å². The van der Waals surface area contributed by atoms with Gasteiger partial charge in [0.25, 0.3) is 5.91 Å². The van der Waals surface area contributed by atoms with Crippen LogP contribution in [0.4, 0.5) is 0 Å². The van der Waals surface area contributed by atoms with E-state index in [1.807, 2.05) is 0 Å². The number of rotatable bonds is 6. The summed E-state index contributed by atoms with van der Waals surface area (Å²) >= 11 is 9.22. The number of nitrogens with zero attached hydrogens (tertiary/aromatic N) is 1. The lowest BCUT2D eigenvalue weighted by molar-refractivity contribution is -0.146. The van der Waals surface area contributed by atoms with Crippen LogP contribution in [0.3, 0.4) is 0 Å². The van der Waals surface area contributed by atoms with Crippen molar-refractivity contribution < 1.29 is 29.7 Å². The molecule has 1 heterocycles. The number of aliphatic carboxylic acids is 2. The number of phenols is 1. The third kappa shape index (κ3) is 4.59. The molecule has 7 nitrogen and oxygen atoms in total. The molecule has 0 saturated carbocycles. The van der Waals surface area contributed by atoms with Crippen molar-refractivity contribution in [2.24, 2.45) is 0 Å². The van der Waals surface area contributed by atoms with E-state index in [4.69, 9.17) is 17.3 Å². The fourth-order valence-electron chi connectivity index (χ4n) is 2.14. The molecule has 132 valence electrons. The van der Waals surface area contributed by atoms with Gasteiger partial charge in [-0.3, -0.25) is 14.5 Å². The van der Waals surface area contributed by atoms with E-state index >= 15 is 0 Å². The molecule has 0 spiro atoms. The molecule has 1 aliphatic rings. The Kier molecular flexibility index (Phi) is 6.20. The summed E-state index contributed by atoms with van der Waals surface area (Å²) in [5, 5.41) is 27.6. The van der Waals surface area contributed by atoms with Gasteiger partial charge in [-0.25, -0.2) is 4.79 Å². The largest absolute Gasteiger partial charge is 0.507 e. The van der Waals surface area contributed by atoms with Crippen molar-refractivity contribution in [3.8, 4) is 5.75 Å². The number of thiocarbonyl (C=S) groups is 1. The van der Waals surface area contributed by atoms with Crippen molar-refractivity contribution in [3.63, 3.8) is 0 Å². The molecule has 3 N–H and O–H groups in total. The number of aromatic hydroxyl groups is 1. The van der Waals surface area contributed by atoms with Gasteiger partial charge in [0.15, 0.2) is 0 Å². The second kappa shape index (κ2) is 7.98. The Morgan fingerprint density at radius 1 is 1.36 bits per heavy atom. The molecule has 0 aromatic heterocycles. The smallest absolute Gasteiger partial charge is 0.326 e. The van der Waals surface area contributed by atoms with E-state index < -0.39 is 30.3 Å². The SMILES string of the molecule is O=C(O)CCC(C(=O)O)N1C(=O)/C(=C/c2ccc(O)c(Br)c2)SC1=S. The number of benzene rings is 1. The van der Waals surface area contributed by atoms with Crippen LogP contribution in [0, 0.1) is 0 Å². The number of amides is 1. The molecule has 1 aromatic rings. The van der Waals surface area contributed by atoms with Crippen LogP contribution in [0.5, 0.6) is 5.75 Å². The molecule has 1 amide bonds. The van der Waals surface area contributed by atoms with Gasteiger partial charge in [-0.1, -0.05) is 30.0 Å². The molecule has 1 fully saturated rings. The van der Waals surface area contributed by atoms with Gasteiger partial charge >= 0.3 is 11.9 Å². The second-order valence-corrected chi connectivity index (χ2v) is 7.58. The summed E-state index contributed by atoms with van der Waals surface area (Å²) in [6.07, 6.45) is 0.896. The molecule has 25 heavy (non-hydrogen) atoms. The van der Waals surface area contributed by atoms with Gasteiger partial charge in [0.05, 0.1) is 9.38 Å². The van der Waals surface area contributed by atoms with Crippen molar-refractivity contribution in [2.75, 3.05) is 0 Å². The molecular formula is C15H12BrNO6S2. The Bertz CT molecular complexity index is 794. The minimum absolute atomic E-state index is 0.0457. The van der Waals surface area contributed by atoms with Crippen LogP contribution in [-0.4, -0.2) is 48.4 Å². The minimum atomic E-state index is -1.33. The maximum Gasteiger partial charge on any atom is 0.326 e. The van der Waals surface area contributed by atoms with E-state index in [0.29, 0.717) is 10.0 Å². The predicted octanol–water partition coefficient (Wildman–Crippen LogP) is 2.67. The molecule has 1 aliphatic heterocycles. The van der Waals surface area contributed by atoms with E-state index in [1.165, 1.54) is 12.1 Å². The summed E-state index contributed by atoms with van der Waals surface area (Å²) in [7, 11) is 0. The highest BCUT2D eigenvalue weighted by molar-refractivity contribution is 9.10. The summed E-state index contributed by atoms with van der Waals surface area (Å²) < 4.78 is 0.508. The number of carbonyl (C=O) groups is 3. The maximum absolute atomic E-state index is 12.5. The predicted molar refractivity (Wildman–Crippen MR) is 99.1 cm³/mol. The molecule has 1 aromatic carbocycles. The maximum atomic E-state index is 12.5. The number of hydrogen-bond donors (Lipinski definition) is 3. The summed E-state index contributed by atoms with van der Waals surface area (Å²) in [5.74, 6) is -3.01. The van der Waals surface area contributed by atoms with Crippen LogP contribution in [0.15, 0.2) is 27.6 Å². The zero-order chi connectivity index (χ0) is 18.7. The highest BCUT2D eigenvalue weighted by atomic mass is 79.9. The number of carboxylic acids is 2. The van der Waals surface area contributed by atoms with Gasteiger partial charge in [-0.05, 0) is 46.1 Å². The van der Waals surface area contributed by atoms with Crippen LogP contribution in [0.1, 0.15) is 18.4 Å². The third-order valence-corrected chi connectivity index (χ3v) is 5.29. The Morgan fingerprint density at radius 2 is 2.04 bits per heavy atom. The Hall–Kier alpha value is -1.91. The summed E-state index contributed by atoms with van der Waals surface area (Å²) in [6, 6.07) is 3.30. The van der Waals surface area contributed by atoms with Gasteiger partial charge in [-0.2, -0.15) is 0 Å². The fourth-order valence-corrected chi connectivity index (χ4v) is 3.89. The van der Waals surface area contributed by atoms with Gasteiger partial charge in [0.2, 0.25) is 0 Å². The summed E-state index contributed by atoms with van der Waals surface area (Å²) in [4.78, 5) is 35.8. The molecule has 0 radical (unpaired) electrons. The van der Waals surface area contributed by atoms with Crippen LogP contribution >= 0.6 is 39.9 Å². The lowest BCUT2D eigenvalue weighted by atomic mass is 10.1. The van der Waals surface area contributed by atoms with E-state index in [-0.39, 0.29) is 21.4 Å². The topological polar surface area (TPSA) is 115 Å². The summed E-state index contributed by atoms with van der Waals surface area (Å²) in [6.45, 7) is 0. The first-order valence-corrected chi connectivity index (χ1v) is 8.92. The molecule has 1 unspecified atom stereocenters. The van der Waals surface area contributed by atoms with Crippen LogP contribution in [0.25, 0.3) is 6.08 Å². The minimum Gasteiger partial charge on any atom is -0.507 e. The van der Waals surface area contributed by atoms with Crippen LogP contribution in [-0.2, 0) is 14.4 Å². The number of halogens is 1. The average Bonchev–Trinajstić information content (AvgIpc) is 2.78. The van der Waals surface area contributed by atoms with E-state index in [0.717, 1.165) is 16.7 Å². The van der Waals surface area contributed by atoms with Gasteiger partial charge in [0.1, 0.15) is 16.1 Å². The molecule has 1 saturated heterocycles. The highest BCUT2D eigenvalue weighted by Crippen LogP contribution is 2.35. The number of thioether (sulfide) groups is 1. The number of hydrogen-bond acceptors (Lipinski definition) is 6. The summed E-state index contributed by atoms with van der Waals surface area (Å²) in [5.41, 5.74) is 0.614. The number of carbonyl (C=O) groups excluding carboxylic acids is 1. The van der Waals surface area contributed by atoms with Gasteiger partial charge in [-0.15, -0.1) is 0 Å². The molecular weight excluding hydrogens is 434 g/mol. The first-order chi connectivity index (χ1) is 11.7. The second-order valence-electron chi connectivity index (χ2n) is 5.05. The van der Waals surface area contributed by atoms with Crippen molar-refractivity contribution in [1.29, 1.82) is 0 Å². The van der Waals surface area contributed by atoms with Gasteiger partial charge in [0, 0.05) is 6.42 Å². The normalized spacial score (nSPS) is 17.2. The Balaban J connectivity index is 2.28. The molecule has 2 rings (SSSR count). The number of carboxylic acid groups (broad SMARTS) is 2. The Morgan fingerprint density at radius 3 is 2.60 bits per heavy atom. The van der Waals surface area contributed by atoms with Crippen LogP contribution in [0.2, 0.25) is 0 Å². The van der Waals surface area contributed by atoms with Crippen molar-refractivity contribution in [2.45, 2.75) is 18.9 Å². The van der Waals surface area contributed by atoms with E-state index in [2.05, 4.69) is 15.9 Å². The fraction of sp³-hybridized carbons (Fsp3) is 0.200. The zero-order valence-electron chi connectivity index (χ0n) is 12.5. The molecule has 0 aliphatic carbocycles. The van der Waals surface area contributed by atoms with Crippen molar-refractivity contribution in [3.05, 3.63) is 33.1 Å². The molecule has 10 heteroatoms. The lowest BCUT2D eigenvalue weighted by Crippen LogP contribution is -2.44. The lowest BCUT2D eigenvalue weighted by Gasteiger charge is -2.22. The Labute approximate surface area is 160 Å². The average molecular weight is 446 g/mol. The van der Waals surface area contributed by atoms with Crippen molar-refractivity contribution >= 4 is 68.2 Å².